The predicted octanol–water partition coefficient (Wildman–Crippen LogP) is 2.64. The van der Waals surface area contributed by atoms with Crippen molar-refractivity contribution < 1.29 is 13.2 Å². The normalized spacial score (nSPS) is 28.3. The number of ether oxygens (including phenoxy) is 1. The Kier molecular flexibility index (Phi) is 5.07. The standard InChI is InChI=1S/C12H23BrO3S/c1-9-11(5-6-16-9)17(14,15)8-10(7-13)12(2,3)4/h9-11H,5-8H2,1-4H3. The highest BCUT2D eigenvalue weighted by Crippen LogP contribution is 2.31. The molecule has 3 atom stereocenters. The highest BCUT2D eigenvalue weighted by molar-refractivity contribution is 9.09. The molecule has 0 amide bonds. The molecular formula is C12H23BrO3S. The Labute approximate surface area is 113 Å². The van der Waals surface area contributed by atoms with E-state index in [4.69, 9.17) is 4.74 Å². The highest BCUT2D eigenvalue weighted by atomic mass is 79.9. The van der Waals surface area contributed by atoms with Crippen molar-refractivity contribution in [3.63, 3.8) is 0 Å². The van der Waals surface area contributed by atoms with Crippen molar-refractivity contribution in [1.29, 1.82) is 0 Å². The van der Waals surface area contributed by atoms with Crippen molar-refractivity contribution in [3.8, 4) is 0 Å². The Morgan fingerprint density at radius 2 is 2.00 bits per heavy atom. The van der Waals surface area contributed by atoms with E-state index in [0.717, 1.165) is 5.33 Å². The molecule has 1 fully saturated rings. The van der Waals surface area contributed by atoms with E-state index in [0.29, 0.717) is 13.0 Å². The summed E-state index contributed by atoms with van der Waals surface area (Å²) in [5.41, 5.74) is -0.000725. The maximum absolute atomic E-state index is 12.4. The second kappa shape index (κ2) is 5.57. The summed E-state index contributed by atoms with van der Waals surface area (Å²) in [5, 5.41) is 0.406. The molecule has 0 aromatic rings. The lowest BCUT2D eigenvalue weighted by molar-refractivity contribution is 0.126. The molecule has 1 saturated heterocycles. The van der Waals surface area contributed by atoms with E-state index < -0.39 is 9.84 Å². The number of hydrogen-bond acceptors (Lipinski definition) is 3. The average Bonchev–Trinajstić information content (AvgIpc) is 2.59. The zero-order valence-corrected chi connectivity index (χ0v) is 13.5. The molecule has 0 bridgehead atoms. The first-order valence-corrected chi connectivity index (χ1v) is 8.91. The van der Waals surface area contributed by atoms with Crippen LogP contribution in [-0.2, 0) is 14.6 Å². The van der Waals surface area contributed by atoms with Gasteiger partial charge in [-0.3, -0.25) is 0 Å². The van der Waals surface area contributed by atoms with Crippen LogP contribution in [0.3, 0.4) is 0 Å². The van der Waals surface area contributed by atoms with Crippen LogP contribution in [0.15, 0.2) is 0 Å². The van der Waals surface area contributed by atoms with Gasteiger partial charge in [-0.05, 0) is 24.7 Å². The SMILES string of the molecule is CC1OCCC1S(=O)(=O)CC(CBr)C(C)(C)C. The number of rotatable bonds is 4. The van der Waals surface area contributed by atoms with Gasteiger partial charge in [-0.2, -0.15) is 0 Å². The fourth-order valence-electron chi connectivity index (χ4n) is 2.11. The molecule has 5 heteroatoms. The zero-order valence-electron chi connectivity index (χ0n) is 11.1. The second-order valence-corrected chi connectivity index (χ2v) is 8.86. The van der Waals surface area contributed by atoms with Crippen LogP contribution >= 0.6 is 15.9 Å². The Balaban J connectivity index is 2.78. The van der Waals surface area contributed by atoms with Gasteiger partial charge in [-0.1, -0.05) is 36.7 Å². The molecule has 0 N–H and O–H groups in total. The minimum absolute atomic E-state index is 0.000725. The minimum atomic E-state index is -3.06. The minimum Gasteiger partial charge on any atom is -0.377 e. The van der Waals surface area contributed by atoms with Crippen molar-refractivity contribution in [2.45, 2.75) is 45.5 Å². The van der Waals surface area contributed by atoms with E-state index in [9.17, 15) is 8.42 Å². The highest BCUT2D eigenvalue weighted by Gasteiger charge is 2.38. The fraction of sp³-hybridized carbons (Fsp3) is 1.00. The van der Waals surface area contributed by atoms with Crippen molar-refractivity contribution in [1.82, 2.24) is 0 Å². The topological polar surface area (TPSA) is 43.4 Å². The molecule has 1 rings (SSSR count). The molecule has 0 aromatic heterocycles. The van der Waals surface area contributed by atoms with Crippen LogP contribution in [0.25, 0.3) is 0 Å². The molecule has 0 saturated carbocycles. The van der Waals surface area contributed by atoms with Crippen LogP contribution < -0.4 is 0 Å². The summed E-state index contributed by atoms with van der Waals surface area (Å²) in [5.74, 6) is 0.389. The molecule has 1 aliphatic rings. The van der Waals surface area contributed by atoms with Gasteiger partial charge >= 0.3 is 0 Å². The van der Waals surface area contributed by atoms with Gasteiger partial charge in [-0.25, -0.2) is 8.42 Å². The van der Waals surface area contributed by atoms with Gasteiger partial charge in [0.15, 0.2) is 9.84 Å². The lowest BCUT2D eigenvalue weighted by Crippen LogP contribution is -2.37. The molecule has 1 heterocycles. The number of alkyl halides is 1. The Hall–Kier alpha value is 0.390. The lowest BCUT2D eigenvalue weighted by atomic mass is 9.83. The molecule has 0 aliphatic carbocycles. The Bertz CT molecular complexity index is 345. The van der Waals surface area contributed by atoms with Crippen LogP contribution in [0.2, 0.25) is 0 Å². The van der Waals surface area contributed by atoms with Crippen molar-refractivity contribution >= 4 is 25.8 Å². The van der Waals surface area contributed by atoms with E-state index in [1.165, 1.54) is 0 Å². The van der Waals surface area contributed by atoms with Gasteiger partial charge in [-0.15, -0.1) is 0 Å². The van der Waals surface area contributed by atoms with Gasteiger partial charge in [0.05, 0.1) is 17.1 Å². The monoisotopic (exact) mass is 326 g/mol. The van der Waals surface area contributed by atoms with Gasteiger partial charge in [0, 0.05) is 11.9 Å². The molecular weight excluding hydrogens is 304 g/mol. The average molecular weight is 327 g/mol. The number of halogens is 1. The van der Waals surface area contributed by atoms with Crippen molar-refractivity contribution in [2.75, 3.05) is 17.7 Å². The summed E-state index contributed by atoms with van der Waals surface area (Å²) in [7, 11) is -3.06. The van der Waals surface area contributed by atoms with Gasteiger partial charge in [0.1, 0.15) is 0 Å². The summed E-state index contributed by atoms with van der Waals surface area (Å²) in [6, 6.07) is 0. The first kappa shape index (κ1) is 15.4. The third-order valence-electron chi connectivity index (χ3n) is 3.61. The molecule has 17 heavy (non-hydrogen) atoms. The first-order chi connectivity index (χ1) is 7.68. The molecule has 0 aromatic carbocycles. The Morgan fingerprint density at radius 1 is 1.41 bits per heavy atom. The summed E-state index contributed by atoms with van der Waals surface area (Å²) in [6.45, 7) is 8.68. The van der Waals surface area contributed by atoms with Crippen molar-refractivity contribution in [3.05, 3.63) is 0 Å². The molecule has 0 radical (unpaired) electrons. The maximum atomic E-state index is 12.4. The second-order valence-electron chi connectivity index (χ2n) is 5.95. The van der Waals surface area contributed by atoms with Gasteiger partial charge in [0.25, 0.3) is 0 Å². The largest absolute Gasteiger partial charge is 0.377 e. The van der Waals surface area contributed by atoms with Crippen LogP contribution in [0, 0.1) is 11.3 Å². The van der Waals surface area contributed by atoms with Crippen LogP contribution in [-0.4, -0.2) is 37.5 Å². The van der Waals surface area contributed by atoms with E-state index in [2.05, 4.69) is 36.7 Å². The van der Waals surface area contributed by atoms with Crippen molar-refractivity contribution in [2.24, 2.45) is 11.3 Å². The van der Waals surface area contributed by atoms with Crippen LogP contribution in [0.4, 0.5) is 0 Å². The van der Waals surface area contributed by atoms with Gasteiger partial charge in [0.2, 0.25) is 0 Å². The van der Waals surface area contributed by atoms with E-state index in [1.807, 2.05) is 6.92 Å². The smallest absolute Gasteiger partial charge is 0.156 e. The number of hydrogen-bond donors (Lipinski definition) is 0. The third-order valence-corrected chi connectivity index (χ3v) is 6.80. The molecule has 3 nitrogen and oxygen atoms in total. The Morgan fingerprint density at radius 3 is 2.35 bits per heavy atom. The third kappa shape index (κ3) is 3.93. The molecule has 1 aliphatic heterocycles. The van der Waals surface area contributed by atoms with E-state index in [-0.39, 0.29) is 28.4 Å². The number of sulfone groups is 1. The quantitative estimate of drug-likeness (QED) is 0.746. The van der Waals surface area contributed by atoms with Crippen LogP contribution in [0.1, 0.15) is 34.1 Å². The summed E-state index contributed by atoms with van der Waals surface area (Å²) in [6.07, 6.45) is 0.485. The summed E-state index contributed by atoms with van der Waals surface area (Å²) < 4.78 is 30.1. The molecule has 102 valence electrons. The molecule has 3 unspecified atom stereocenters. The van der Waals surface area contributed by atoms with Gasteiger partial charge < -0.3 is 4.74 Å². The molecule has 0 spiro atoms. The predicted molar refractivity (Wildman–Crippen MR) is 74.3 cm³/mol. The maximum Gasteiger partial charge on any atom is 0.156 e. The first-order valence-electron chi connectivity index (χ1n) is 6.07. The van der Waals surface area contributed by atoms with E-state index in [1.54, 1.807) is 0 Å². The van der Waals surface area contributed by atoms with E-state index >= 15 is 0 Å². The zero-order chi connectivity index (χ0) is 13.3. The lowest BCUT2D eigenvalue weighted by Gasteiger charge is -2.30. The van der Waals surface area contributed by atoms with Crippen LogP contribution in [0.5, 0.6) is 0 Å². The summed E-state index contributed by atoms with van der Waals surface area (Å²) >= 11 is 3.43. The fourth-order valence-corrected chi connectivity index (χ4v) is 6.16. The summed E-state index contributed by atoms with van der Waals surface area (Å²) in [4.78, 5) is 0.